The van der Waals surface area contributed by atoms with E-state index in [1.165, 1.54) is 45.4 Å². The summed E-state index contributed by atoms with van der Waals surface area (Å²) in [5.41, 5.74) is 2.10. The van der Waals surface area contributed by atoms with Crippen LogP contribution in [0.25, 0.3) is 0 Å². The minimum atomic E-state index is -0.534. The maximum atomic E-state index is 11.6. The topological polar surface area (TPSA) is 66.7 Å². The van der Waals surface area contributed by atoms with Crippen molar-refractivity contribution in [3.8, 4) is 0 Å². The summed E-state index contributed by atoms with van der Waals surface area (Å²) in [5, 5.41) is 12.5. The van der Waals surface area contributed by atoms with Gasteiger partial charge in [0.1, 0.15) is 0 Å². The van der Waals surface area contributed by atoms with Crippen LogP contribution in [0.5, 0.6) is 0 Å². The molecule has 0 aliphatic rings. The molecule has 0 fully saturated rings. The first-order valence-electron chi connectivity index (χ1n) is 8.93. The molecule has 0 saturated carbocycles. The molecule has 0 aromatic heterocycles. The van der Waals surface area contributed by atoms with Crippen LogP contribution in [0.15, 0.2) is 29.4 Å². The molecule has 0 amide bonds. The fourth-order valence-corrected chi connectivity index (χ4v) is 2.75. The number of nitrogens with zero attached hydrogens (tertiary/aromatic N) is 1. The van der Waals surface area contributed by atoms with Crippen molar-refractivity contribution in [2.45, 2.75) is 71.6 Å². The van der Waals surface area contributed by atoms with Gasteiger partial charge in [0, 0.05) is 12.5 Å². The van der Waals surface area contributed by atoms with Crippen molar-refractivity contribution >= 4 is 17.3 Å². The summed E-state index contributed by atoms with van der Waals surface area (Å²) in [7, 11) is 0. The first-order valence-corrected chi connectivity index (χ1v) is 8.93. The van der Waals surface area contributed by atoms with Gasteiger partial charge in [0.15, 0.2) is 5.78 Å². The summed E-state index contributed by atoms with van der Waals surface area (Å²) >= 11 is 0. The number of aryl methyl sites for hydroxylation is 1. The number of hydrogen-bond donors (Lipinski definition) is 1. The third-order valence-corrected chi connectivity index (χ3v) is 4.22. The predicted octanol–water partition coefficient (Wildman–Crippen LogP) is 4.71. The number of carbonyl (C=O) groups is 2. The highest BCUT2D eigenvalue weighted by atomic mass is 16.4. The number of benzene rings is 1. The van der Waals surface area contributed by atoms with Crippen LogP contribution >= 0.6 is 0 Å². The molecule has 1 rings (SSSR count). The van der Waals surface area contributed by atoms with E-state index >= 15 is 0 Å². The van der Waals surface area contributed by atoms with E-state index < -0.39 is 11.6 Å². The zero-order chi connectivity index (χ0) is 17.8. The normalized spacial score (nSPS) is 11.5. The smallest absolute Gasteiger partial charge is 0.204 e. The summed E-state index contributed by atoms with van der Waals surface area (Å²) < 4.78 is 0. The predicted molar refractivity (Wildman–Crippen MR) is 96.8 cm³/mol. The highest BCUT2D eigenvalue weighted by molar-refractivity contribution is 6.40. The zero-order valence-electron chi connectivity index (χ0n) is 14.9. The van der Waals surface area contributed by atoms with Crippen LogP contribution in [-0.4, -0.2) is 22.5 Å². The number of Topliss-reactive ketones (excluding diaryl/α,β-unsaturated/α-hetero) is 2. The Morgan fingerprint density at radius 1 is 1.00 bits per heavy atom. The molecular formula is C20H29NO3. The van der Waals surface area contributed by atoms with E-state index in [9.17, 15) is 14.8 Å². The van der Waals surface area contributed by atoms with Crippen LogP contribution in [0.3, 0.4) is 0 Å². The molecule has 132 valence electrons. The summed E-state index contributed by atoms with van der Waals surface area (Å²) in [6.07, 6.45) is 9.38. The first-order chi connectivity index (χ1) is 11.6. The van der Waals surface area contributed by atoms with E-state index in [2.05, 4.69) is 12.1 Å². The first kappa shape index (κ1) is 20.1. The number of oxime groups is 1. The SMILES string of the molecule is CCCCCCCCCc1ccccc1C(CC(=O)C(C)=O)=NO. The Bertz CT molecular complexity index is 564. The molecule has 0 spiro atoms. The van der Waals surface area contributed by atoms with E-state index in [0.29, 0.717) is 0 Å². The molecule has 1 N–H and O–H groups in total. The van der Waals surface area contributed by atoms with Gasteiger partial charge in [0.2, 0.25) is 5.78 Å². The summed E-state index contributed by atoms with van der Waals surface area (Å²) in [5.74, 6) is -1.05. The second-order valence-corrected chi connectivity index (χ2v) is 6.23. The lowest BCUT2D eigenvalue weighted by Crippen LogP contribution is -2.17. The van der Waals surface area contributed by atoms with Crippen molar-refractivity contribution in [3.63, 3.8) is 0 Å². The van der Waals surface area contributed by atoms with Gasteiger partial charge in [0.25, 0.3) is 0 Å². The molecule has 0 unspecified atom stereocenters. The molecule has 4 nitrogen and oxygen atoms in total. The van der Waals surface area contributed by atoms with Crippen molar-refractivity contribution in [2.24, 2.45) is 5.16 Å². The van der Waals surface area contributed by atoms with Crippen LogP contribution in [0.4, 0.5) is 0 Å². The Morgan fingerprint density at radius 2 is 1.62 bits per heavy atom. The van der Waals surface area contributed by atoms with Crippen molar-refractivity contribution in [3.05, 3.63) is 35.4 Å². The molecule has 0 radical (unpaired) electrons. The minimum absolute atomic E-state index is 0.153. The van der Waals surface area contributed by atoms with Crippen molar-refractivity contribution in [2.75, 3.05) is 0 Å². The largest absolute Gasteiger partial charge is 0.411 e. The molecule has 0 atom stereocenters. The molecule has 1 aromatic carbocycles. The van der Waals surface area contributed by atoms with Crippen molar-refractivity contribution < 1.29 is 14.8 Å². The molecule has 0 saturated heterocycles. The third kappa shape index (κ3) is 7.07. The maximum Gasteiger partial charge on any atom is 0.204 e. The Labute approximate surface area is 145 Å². The number of carbonyl (C=O) groups excluding carboxylic acids is 2. The fraction of sp³-hybridized carbons (Fsp3) is 0.550. The molecule has 1 aromatic rings. The van der Waals surface area contributed by atoms with Crippen molar-refractivity contribution in [1.29, 1.82) is 0 Å². The highest BCUT2D eigenvalue weighted by Crippen LogP contribution is 2.17. The molecule has 0 heterocycles. The standard InChI is InChI=1S/C20H29NO3/c1-3-4-5-6-7-8-9-12-17-13-10-11-14-18(17)19(21-24)15-20(23)16(2)22/h10-11,13-14,24H,3-9,12,15H2,1-2H3. The molecule has 0 aliphatic carbocycles. The Morgan fingerprint density at radius 3 is 2.25 bits per heavy atom. The molecule has 24 heavy (non-hydrogen) atoms. The van der Waals surface area contributed by atoms with Gasteiger partial charge < -0.3 is 5.21 Å². The molecule has 0 bridgehead atoms. The number of hydrogen-bond acceptors (Lipinski definition) is 4. The van der Waals surface area contributed by atoms with E-state index in [0.717, 1.165) is 24.0 Å². The van der Waals surface area contributed by atoms with Gasteiger partial charge in [-0.05, 0) is 18.4 Å². The maximum absolute atomic E-state index is 11.6. The van der Waals surface area contributed by atoms with E-state index in [1.807, 2.05) is 24.3 Å². The molecule has 0 aliphatic heterocycles. The fourth-order valence-electron chi connectivity index (χ4n) is 2.75. The van der Waals surface area contributed by atoms with E-state index in [1.54, 1.807) is 0 Å². The molecular weight excluding hydrogens is 302 g/mol. The van der Waals surface area contributed by atoms with Crippen molar-refractivity contribution in [1.82, 2.24) is 0 Å². The lowest BCUT2D eigenvalue weighted by atomic mass is 9.95. The van der Waals surface area contributed by atoms with Crippen LogP contribution in [0.2, 0.25) is 0 Å². The summed E-state index contributed by atoms with van der Waals surface area (Å²) in [4.78, 5) is 22.8. The highest BCUT2D eigenvalue weighted by Gasteiger charge is 2.16. The average molecular weight is 331 g/mol. The van der Waals surface area contributed by atoms with Gasteiger partial charge in [-0.25, -0.2) is 0 Å². The van der Waals surface area contributed by atoms with Crippen LogP contribution in [0, 0.1) is 0 Å². The Hall–Kier alpha value is -1.97. The van der Waals surface area contributed by atoms with Gasteiger partial charge in [-0.2, -0.15) is 0 Å². The van der Waals surface area contributed by atoms with Crippen LogP contribution < -0.4 is 0 Å². The number of unbranched alkanes of at least 4 members (excludes halogenated alkanes) is 6. The number of rotatable bonds is 12. The van der Waals surface area contributed by atoms with Gasteiger partial charge in [-0.1, -0.05) is 74.9 Å². The van der Waals surface area contributed by atoms with Crippen LogP contribution in [-0.2, 0) is 16.0 Å². The van der Waals surface area contributed by atoms with E-state index in [-0.39, 0.29) is 12.1 Å². The lowest BCUT2D eigenvalue weighted by molar-refractivity contribution is -0.134. The van der Waals surface area contributed by atoms with Crippen LogP contribution in [0.1, 0.15) is 76.3 Å². The lowest BCUT2D eigenvalue weighted by Gasteiger charge is -2.10. The van der Waals surface area contributed by atoms with Gasteiger partial charge in [-0.15, -0.1) is 0 Å². The van der Waals surface area contributed by atoms with Gasteiger partial charge >= 0.3 is 0 Å². The Kier molecular flexibility index (Phi) is 9.66. The third-order valence-electron chi connectivity index (χ3n) is 4.22. The second kappa shape index (κ2) is 11.5. The van der Waals surface area contributed by atoms with E-state index in [4.69, 9.17) is 0 Å². The molecule has 4 heteroatoms. The quantitative estimate of drug-likeness (QED) is 0.198. The zero-order valence-corrected chi connectivity index (χ0v) is 14.9. The Balaban J connectivity index is 2.60. The van der Waals surface area contributed by atoms with Gasteiger partial charge in [-0.3, -0.25) is 9.59 Å². The summed E-state index contributed by atoms with van der Waals surface area (Å²) in [6.45, 7) is 3.45. The minimum Gasteiger partial charge on any atom is -0.411 e. The number of ketones is 2. The second-order valence-electron chi connectivity index (χ2n) is 6.23. The monoisotopic (exact) mass is 331 g/mol. The average Bonchev–Trinajstić information content (AvgIpc) is 2.59. The summed E-state index contributed by atoms with van der Waals surface area (Å²) in [6, 6.07) is 7.64. The van der Waals surface area contributed by atoms with Gasteiger partial charge in [0.05, 0.1) is 12.1 Å².